The Labute approximate surface area is 306 Å². The number of carbonyl (C=O) groups excluding carboxylic acids is 1. The van der Waals surface area contributed by atoms with Crippen molar-refractivity contribution in [1.29, 1.82) is 0 Å². The van der Waals surface area contributed by atoms with E-state index in [-0.39, 0.29) is 12.2 Å². The second-order valence-corrected chi connectivity index (χ2v) is 13.3. The maximum atomic E-state index is 14.0. The SMILES string of the molecule is CCOc1ccccc1N1CCN(CCCCOc2cc(C(=O)c3cn(CCCC(=O)O)c4ccccc34)ccc2OCc2ccc(C)cc2)CC1. The number of para-hydroxylation sites is 3. The Morgan fingerprint density at radius 1 is 0.750 bits per heavy atom. The van der Waals surface area contributed by atoms with Gasteiger partial charge < -0.3 is 28.8 Å². The van der Waals surface area contributed by atoms with Crippen molar-refractivity contribution in [2.24, 2.45) is 0 Å². The van der Waals surface area contributed by atoms with E-state index in [2.05, 4.69) is 53.1 Å². The molecule has 2 heterocycles. The van der Waals surface area contributed by atoms with Gasteiger partial charge in [0.2, 0.25) is 0 Å². The zero-order valence-electron chi connectivity index (χ0n) is 30.3. The van der Waals surface area contributed by atoms with Crippen LogP contribution in [0.15, 0.2) is 97.2 Å². The van der Waals surface area contributed by atoms with Crippen LogP contribution in [0.1, 0.15) is 59.7 Å². The number of carboxylic acids is 1. The van der Waals surface area contributed by atoms with Gasteiger partial charge >= 0.3 is 5.97 Å². The van der Waals surface area contributed by atoms with E-state index in [4.69, 9.17) is 19.3 Å². The van der Waals surface area contributed by atoms with Crippen molar-refractivity contribution in [2.45, 2.75) is 52.7 Å². The Bertz CT molecular complexity index is 1940. The standard InChI is InChI=1S/C43H49N3O6/c1-3-50-39-14-7-6-13-38(39)45-26-24-44(25-27-45)22-8-9-28-51-41-29-34(20-21-40(41)52-31-33-18-16-32(2)17-19-33)43(49)36-30-46(23-10-15-42(47)48)37-12-5-4-11-35(36)37/h4-7,11-14,16-21,29-30H,3,8-10,15,22-28,31H2,1-2H3,(H,47,48). The van der Waals surface area contributed by atoms with Gasteiger partial charge in [-0.3, -0.25) is 14.5 Å². The van der Waals surface area contributed by atoms with E-state index >= 15 is 0 Å². The molecule has 1 aliphatic heterocycles. The summed E-state index contributed by atoms with van der Waals surface area (Å²) in [5.41, 5.74) is 5.39. The van der Waals surface area contributed by atoms with Crippen molar-refractivity contribution in [2.75, 3.05) is 50.8 Å². The van der Waals surface area contributed by atoms with Gasteiger partial charge in [-0.2, -0.15) is 0 Å². The van der Waals surface area contributed by atoms with Crippen LogP contribution in [-0.4, -0.2) is 72.3 Å². The summed E-state index contributed by atoms with van der Waals surface area (Å²) in [5.74, 6) is 1.14. The van der Waals surface area contributed by atoms with Crippen LogP contribution in [-0.2, 0) is 17.9 Å². The Kier molecular flexibility index (Phi) is 12.5. The number of hydrogen-bond donors (Lipinski definition) is 1. The number of rotatable bonds is 18. The molecule has 0 aliphatic carbocycles. The molecule has 0 unspecified atom stereocenters. The quantitative estimate of drug-likeness (QED) is 0.0725. The summed E-state index contributed by atoms with van der Waals surface area (Å²) in [6.45, 7) is 11.0. The predicted octanol–water partition coefficient (Wildman–Crippen LogP) is 8.00. The van der Waals surface area contributed by atoms with Crippen LogP contribution in [0.2, 0.25) is 0 Å². The largest absolute Gasteiger partial charge is 0.492 e. The molecule has 1 N–H and O–H groups in total. The van der Waals surface area contributed by atoms with Crippen LogP contribution in [0.3, 0.4) is 0 Å². The number of anilines is 1. The molecule has 1 aromatic heterocycles. The van der Waals surface area contributed by atoms with Crippen LogP contribution >= 0.6 is 0 Å². The Balaban J connectivity index is 1.10. The number of carboxylic acid groups (broad SMARTS) is 1. The van der Waals surface area contributed by atoms with Gasteiger partial charge in [0.15, 0.2) is 17.3 Å². The molecule has 0 radical (unpaired) electrons. The molecule has 9 heteroatoms. The summed E-state index contributed by atoms with van der Waals surface area (Å²) in [6.07, 6.45) is 4.25. The average molecular weight is 704 g/mol. The number of fused-ring (bicyclic) bond motifs is 1. The molecular formula is C43H49N3O6. The summed E-state index contributed by atoms with van der Waals surface area (Å²) in [5, 5.41) is 9.97. The number of nitrogens with zero attached hydrogens (tertiary/aromatic N) is 3. The van der Waals surface area contributed by atoms with Crippen LogP contribution < -0.4 is 19.1 Å². The Morgan fingerprint density at radius 3 is 2.31 bits per heavy atom. The summed E-state index contributed by atoms with van der Waals surface area (Å²) >= 11 is 0. The Hall–Kier alpha value is -5.28. The number of hydrogen-bond acceptors (Lipinski definition) is 7. The topological polar surface area (TPSA) is 93.5 Å². The van der Waals surface area contributed by atoms with Gasteiger partial charge in [-0.25, -0.2) is 0 Å². The third kappa shape index (κ3) is 9.33. The molecule has 0 amide bonds. The molecule has 1 aliphatic rings. The molecule has 4 aromatic carbocycles. The number of ether oxygens (including phenoxy) is 3. The van der Waals surface area contributed by atoms with Gasteiger partial charge in [0, 0.05) is 67.4 Å². The van der Waals surface area contributed by atoms with Gasteiger partial charge in [-0.05, 0) is 81.6 Å². The normalized spacial score (nSPS) is 13.3. The smallest absolute Gasteiger partial charge is 0.303 e. The van der Waals surface area contributed by atoms with Crippen LogP contribution in [0.4, 0.5) is 5.69 Å². The lowest BCUT2D eigenvalue weighted by Crippen LogP contribution is -2.46. The predicted molar refractivity (Wildman–Crippen MR) is 205 cm³/mol. The van der Waals surface area contributed by atoms with Crippen molar-refractivity contribution in [3.8, 4) is 17.2 Å². The van der Waals surface area contributed by atoms with E-state index in [9.17, 15) is 9.59 Å². The second kappa shape index (κ2) is 17.8. The molecule has 0 saturated carbocycles. The van der Waals surface area contributed by atoms with Crippen LogP contribution in [0.5, 0.6) is 17.2 Å². The number of piperazine rings is 1. The fourth-order valence-electron chi connectivity index (χ4n) is 6.72. The lowest BCUT2D eigenvalue weighted by Gasteiger charge is -2.36. The highest BCUT2D eigenvalue weighted by atomic mass is 16.5. The summed E-state index contributed by atoms with van der Waals surface area (Å²) in [6, 6.07) is 29.7. The lowest BCUT2D eigenvalue weighted by atomic mass is 10.0. The molecule has 6 rings (SSSR count). The molecular weight excluding hydrogens is 654 g/mol. The first-order valence-corrected chi connectivity index (χ1v) is 18.4. The number of aliphatic carboxylic acids is 1. The third-order valence-electron chi connectivity index (χ3n) is 9.55. The molecule has 52 heavy (non-hydrogen) atoms. The zero-order chi connectivity index (χ0) is 36.3. The molecule has 0 spiro atoms. The molecule has 1 saturated heterocycles. The van der Waals surface area contributed by atoms with E-state index in [1.165, 1.54) is 11.3 Å². The third-order valence-corrected chi connectivity index (χ3v) is 9.55. The monoisotopic (exact) mass is 703 g/mol. The summed E-state index contributed by atoms with van der Waals surface area (Å²) in [4.78, 5) is 30.1. The molecule has 9 nitrogen and oxygen atoms in total. The minimum atomic E-state index is -0.830. The van der Waals surface area contributed by atoms with Crippen LogP contribution in [0, 0.1) is 6.92 Å². The average Bonchev–Trinajstić information content (AvgIpc) is 3.53. The highest BCUT2D eigenvalue weighted by Crippen LogP contribution is 2.33. The summed E-state index contributed by atoms with van der Waals surface area (Å²) < 4.78 is 20.5. The van der Waals surface area contributed by atoms with E-state index in [1.54, 1.807) is 12.1 Å². The molecule has 1 fully saturated rings. The first kappa shape index (κ1) is 36.5. The minimum absolute atomic E-state index is 0.0706. The van der Waals surface area contributed by atoms with Gasteiger partial charge in [0.05, 0.1) is 18.9 Å². The fraction of sp³-hybridized carbons (Fsp3) is 0.349. The van der Waals surface area contributed by atoms with Crippen molar-refractivity contribution < 1.29 is 28.9 Å². The number of aromatic nitrogens is 1. The lowest BCUT2D eigenvalue weighted by molar-refractivity contribution is -0.137. The zero-order valence-corrected chi connectivity index (χ0v) is 30.3. The van der Waals surface area contributed by atoms with E-state index < -0.39 is 5.97 Å². The summed E-state index contributed by atoms with van der Waals surface area (Å²) in [7, 11) is 0. The van der Waals surface area contributed by atoms with Crippen molar-refractivity contribution >= 4 is 28.3 Å². The van der Waals surface area contributed by atoms with E-state index in [0.717, 1.165) is 67.8 Å². The van der Waals surface area contributed by atoms with Crippen LogP contribution in [0.25, 0.3) is 10.9 Å². The first-order valence-electron chi connectivity index (χ1n) is 18.4. The molecule has 0 bridgehead atoms. The fourth-order valence-corrected chi connectivity index (χ4v) is 6.72. The number of benzene rings is 4. The first-order chi connectivity index (χ1) is 25.4. The Morgan fingerprint density at radius 2 is 1.52 bits per heavy atom. The highest BCUT2D eigenvalue weighted by Gasteiger charge is 2.21. The highest BCUT2D eigenvalue weighted by molar-refractivity contribution is 6.16. The van der Waals surface area contributed by atoms with E-state index in [0.29, 0.717) is 55.4 Å². The van der Waals surface area contributed by atoms with Gasteiger partial charge in [0.25, 0.3) is 0 Å². The molecule has 272 valence electrons. The maximum absolute atomic E-state index is 14.0. The molecule has 5 aromatic rings. The number of ketones is 1. The van der Waals surface area contributed by atoms with E-state index in [1.807, 2.05) is 60.2 Å². The van der Waals surface area contributed by atoms with Crippen molar-refractivity contribution in [3.63, 3.8) is 0 Å². The van der Waals surface area contributed by atoms with Gasteiger partial charge in [0.1, 0.15) is 12.4 Å². The van der Waals surface area contributed by atoms with Crippen molar-refractivity contribution in [3.05, 3.63) is 119 Å². The number of unbranched alkanes of at least 4 members (excludes halogenated alkanes) is 1. The van der Waals surface area contributed by atoms with Gasteiger partial charge in [-0.15, -0.1) is 0 Å². The van der Waals surface area contributed by atoms with Crippen molar-refractivity contribution in [1.82, 2.24) is 9.47 Å². The number of carbonyl (C=O) groups is 2. The molecule has 0 atom stereocenters. The van der Waals surface area contributed by atoms with Gasteiger partial charge in [-0.1, -0.05) is 60.2 Å². The number of aryl methyl sites for hydroxylation is 2. The maximum Gasteiger partial charge on any atom is 0.303 e. The minimum Gasteiger partial charge on any atom is -0.492 e. The second-order valence-electron chi connectivity index (χ2n) is 13.3.